The van der Waals surface area contributed by atoms with Crippen LogP contribution < -0.4 is 5.73 Å². The lowest BCUT2D eigenvalue weighted by atomic mass is 10.4. The molecule has 86 valence electrons. The maximum absolute atomic E-state index is 5.56. The van der Waals surface area contributed by atoms with Gasteiger partial charge in [0.15, 0.2) is 5.82 Å². The zero-order valence-electron chi connectivity index (χ0n) is 9.27. The molecule has 1 aromatic rings. The Morgan fingerprint density at radius 1 is 1.33 bits per heavy atom. The normalized spacial score (nSPS) is 10.8. The molecule has 6 heteroatoms. The van der Waals surface area contributed by atoms with Gasteiger partial charge < -0.3 is 15.2 Å². The van der Waals surface area contributed by atoms with Gasteiger partial charge in [0.25, 0.3) is 0 Å². The Labute approximate surface area is 89.3 Å². The van der Waals surface area contributed by atoms with Gasteiger partial charge in [-0.15, -0.1) is 5.10 Å². The third kappa shape index (κ3) is 3.85. The molecule has 0 unspecified atom stereocenters. The molecule has 0 aliphatic rings. The number of methoxy groups -OCH3 is 1. The molecule has 0 bridgehead atoms. The predicted molar refractivity (Wildman–Crippen MR) is 56.5 cm³/mol. The minimum Gasteiger partial charge on any atom is -0.385 e. The Morgan fingerprint density at radius 3 is 2.73 bits per heavy atom. The molecular weight excluding hydrogens is 196 g/mol. The number of anilines is 1. The highest BCUT2D eigenvalue weighted by Gasteiger charge is 2.03. The highest BCUT2D eigenvalue weighted by Crippen LogP contribution is 2.03. The van der Waals surface area contributed by atoms with Gasteiger partial charge in [-0.05, 0) is 13.3 Å². The van der Waals surface area contributed by atoms with Gasteiger partial charge in [0.05, 0.1) is 18.8 Å². The minimum atomic E-state index is 0.481. The summed E-state index contributed by atoms with van der Waals surface area (Å²) >= 11 is 0. The minimum absolute atomic E-state index is 0.481. The van der Waals surface area contributed by atoms with Gasteiger partial charge >= 0.3 is 0 Å². The van der Waals surface area contributed by atoms with E-state index in [-0.39, 0.29) is 0 Å². The van der Waals surface area contributed by atoms with E-state index >= 15 is 0 Å². The first-order valence-corrected chi connectivity index (χ1v) is 4.98. The molecule has 0 spiro atoms. The van der Waals surface area contributed by atoms with Gasteiger partial charge in [0.1, 0.15) is 0 Å². The number of nitrogen functional groups attached to an aromatic ring is 1. The molecule has 0 amide bonds. The third-order valence-corrected chi connectivity index (χ3v) is 2.10. The molecule has 0 aliphatic heterocycles. The van der Waals surface area contributed by atoms with Crippen LogP contribution in [0.2, 0.25) is 0 Å². The molecule has 15 heavy (non-hydrogen) atoms. The van der Waals surface area contributed by atoms with E-state index in [0.29, 0.717) is 25.6 Å². The van der Waals surface area contributed by atoms with Crippen molar-refractivity contribution in [2.75, 3.05) is 32.7 Å². The van der Waals surface area contributed by atoms with Crippen molar-refractivity contribution in [2.24, 2.45) is 0 Å². The van der Waals surface area contributed by atoms with Gasteiger partial charge in [-0.25, -0.2) is 4.68 Å². The van der Waals surface area contributed by atoms with Crippen LogP contribution in [0.5, 0.6) is 0 Å². The summed E-state index contributed by atoms with van der Waals surface area (Å²) in [4.78, 5) is 0. The zero-order chi connectivity index (χ0) is 11.1. The number of nitrogens with two attached hydrogens (primary N) is 1. The van der Waals surface area contributed by atoms with Crippen LogP contribution in [0.1, 0.15) is 12.1 Å². The van der Waals surface area contributed by atoms with Crippen LogP contribution in [0.25, 0.3) is 0 Å². The van der Waals surface area contributed by atoms with E-state index in [2.05, 4.69) is 10.3 Å². The standard InChI is InChI=1S/C9H18N4O2/c1-8-9(10)11-12-13(8)4-7-15-6-3-5-14-2/h3-7,10H2,1-2H3. The molecule has 0 atom stereocenters. The Hall–Kier alpha value is -1.14. The summed E-state index contributed by atoms with van der Waals surface area (Å²) < 4.78 is 12.0. The lowest BCUT2D eigenvalue weighted by Crippen LogP contribution is -2.10. The van der Waals surface area contributed by atoms with Crippen LogP contribution >= 0.6 is 0 Å². The Kier molecular flexibility index (Phi) is 5.06. The van der Waals surface area contributed by atoms with Gasteiger partial charge in [0, 0.05) is 20.3 Å². The summed E-state index contributed by atoms with van der Waals surface area (Å²) in [7, 11) is 1.68. The molecule has 0 saturated heterocycles. The van der Waals surface area contributed by atoms with E-state index in [1.165, 1.54) is 0 Å². The fourth-order valence-electron chi connectivity index (χ4n) is 1.14. The third-order valence-electron chi connectivity index (χ3n) is 2.10. The van der Waals surface area contributed by atoms with Crippen LogP contribution in [0, 0.1) is 6.92 Å². The van der Waals surface area contributed by atoms with E-state index < -0.39 is 0 Å². The number of rotatable bonds is 7. The second kappa shape index (κ2) is 6.36. The molecule has 2 N–H and O–H groups in total. The Bertz CT molecular complexity index is 288. The maximum atomic E-state index is 5.56. The lowest BCUT2D eigenvalue weighted by Gasteiger charge is -2.04. The number of hydrogen-bond acceptors (Lipinski definition) is 5. The van der Waals surface area contributed by atoms with Crippen molar-refractivity contribution in [1.82, 2.24) is 15.0 Å². The summed E-state index contributed by atoms with van der Waals surface area (Å²) in [5, 5.41) is 7.65. The molecule has 0 aliphatic carbocycles. The maximum Gasteiger partial charge on any atom is 0.168 e. The van der Waals surface area contributed by atoms with Crippen LogP contribution in [0.3, 0.4) is 0 Å². The quantitative estimate of drug-likeness (QED) is 0.657. The molecule has 0 fully saturated rings. The Balaban J connectivity index is 2.12. The summed E-state index contributed by atoms with van der Waals surface area (Å²) in [5.41, 5.74) is 6.44. The van der Waals surface area contributed by atoms with Gasteiger partial charge in [-0.1, -0.05) is 5.21 Å². The van der Waals surface area contributed by atoms with Crippen molar-refractivity contribution in [3.8, 4) is 0 Å². The topological polar surface area (TPSA) is 75.2 Å². The highest BCUT2D eigenvalue weighted by atomic mass is 16.5. The van der Waals surface area contributed by atoms with Crippen molar-refractivity contribution < 1.29 is 9.47 Å². The van der Waals surface area contributed by atoms with Crippen LogP contribution in [0.15, 0.2) is 0 Å². The van der Waals surface area contributed by atoms with Crippen LogP contribution in [-0.2, 0) is 16.0 Å². The van der Waals surface area contributed by atoms with Crippen molar-refractivity contribution in [1.29, 1.82) is 0 Å². The molecule has 1 aromatic heterocycles. The molecule has 1 heterocycles. The van der Waals surface area contributed by atoms with E-state index in [4.69, 9.17) is 15.2 Å². The van der Waals surface area contributed by atoms with Gasteiger partial charge in [-0.2, -0.15) is 0 Å². The molecule has 0 aromatic carbocycles. The second-order valence-electron chi connectivity index (χ2n) is 3.24. The van der Waals surface area contributed by atoms with E-state index in [9.17, 15) is 0 Å². The van der Waals surface area contributed by atoms with Gasteiger partial charge in [0.2, 0.25) is 0 Å². The molecule has 1 rings (SSSR count). The van der Waals surface area contributed by atoms with Crippen LogP contribution in [-0.4, -0.2) is 41.9 Å². The molecular formula is C9H18N4O2. The van der Waals surface area contributed by atoms with E-state index in [1.54, 1.807) is 11.8 Å². The largest absolute Gasteiger partial charge is 0.385 e. The average Bonchev–Trinajstić information content (AvgIpc) is 2.54. The highest BCUT2D eigenvalue weighted by molar-refractivity contribution is 5.31. The summed E-state index contributed by atoms with van der Waals surface area (Å²) in [6.07, 6.45) is 0.912. The average molecular weight is 214 g/mol. The number of hydrogen-bond donors (Lipinski definition) is 1. The SMILES string of the molecule is COCCCOCCn1nnc(N)c1C. The molecule has 0 radical (unpaired) electrons. The smallest absolute Gasteiger partial charge is 0.168 e. The first-order chi connectivity index (χ1) is 7.25. The van der Waals surface area contributed by atoms with Crippen molar-refractivity contribution in [3.63, 3.8) is 0 Å². The van der Waals surface area contributed by atoms with E-state index in [1.807, 2.05) is 6.92 Å². The van der Waals surface area contributed by atoms with Crippen molar-refractivity contribution >= 4 is 5.82 Å². The fraction of sp³-hybridized carbons (Fsp3) is 0.778. The van der Waals surface area contributed by atoms with Crippen molar-refractivity contribution in [2.45, 2.75) is 19.9 Å². The Morgan fingerprint density at radius 2 is 2.13 bits per heavy atom. The monoisotopic (exact) mass is 214 g/mol. The number of ether oxygens (including phenoxy) is 2. The van der Waals surface area contributed by atoms with Crippen LogP contribution in [0.4, 0.5) is 5.82 Å². The van der Waals surface area contributed by atoms with Crippen molar-refractivity contribution in [3.05, 3.63) is 5.69 Å². The number of aromatic nitrogens is 3. The van der Waals surface area contributed by atoms with Gasteiger partial charge in [-0.3, -0.25) is 0 Å². The first kappa shape index (κ1) is 11.9. The first-order valence-electron chi connectivity index (χ1n) is 4.98. The van der Waals surface area contributed by atoms with E-state index in [0.717, 1.165) is 18.7 Å². The zero-order valence-corrected chi connectivity index (χ0v) is 9.27. The second-order valence-corrected chi connectivity index (χ2v) is 3.24. The lowest BCUT2D eigenvalue weighted by molar-refractivity contribution is 0.0955. The summed E-state index contributed by atoms with van der Waals surface area (Å²) in [5.74, 6) is 0.481. The summed E-state index contributed by atoms with van der Waals surface area (Å²) in [6, 6.07) is 0. The number of nitrogens with zero attached hydrogens (tertiary/aromatic N) is 3. The fourth-order valence-corrected chi connectivity index (χ4v) is 1.14. The summed E-state index contributed by atoms with van der Waals surface area (Å²) in [6.45, 7) is 4.63. The molecule has 0 saturated carbocycles. The molecule has 6 nitrogen and oxygen atoms in total. The predicted octanol–water partition coefficient (Wildman–Crippen LogP) is 0.222.